The molecule has 0 aliphatic carbocycles. The van der Waals surface area contributed by atoms with Crippen molar-refractivity contribution in [3.05, 3.63) is 52.5 Å². The van der Waals surface area contributed by atoms with E-state index in [2.05, 4.69) is 20.7 Å². The van der Waals surface area contributed by atoms with Gasteiger partial charge in [0.1, 0.15) is 5.52 Å². The first-order valence-corrected chi connectivity index (χ1v) is 6.71. The third kappa shape index (κ3) is 3.11. The van der Waals surface area contributed by atoms with Gasteiger partial charge in [0.25, 0.3) is 5.91 Å². The number of amides is 1. The first kappa shape index (κ1) is 15.3. The number of hydrogen-bond acceptors (Lipinski definition) is 3. The molecule has 0 spiro atoms. The summed E-state index contributed by atoms with van der Waals surface area (Å²) in [6, 6.07) is 7.09. The Morgan fingerprint density at radius 3 is 2.52 bits per heavy atom. The van der Waals surface area contributed by atoms with Gasteiger partial charge in [0, 0.05) is 10.7 Å². The molecule has 0 aliphatic heterocycles. The molecular weight excluding hydrogens is 333 g/mol. The quantitative estimate of drug-likeness (QED) is 0.743. The second kappa shape index (κ2) is 5.54. The lowest BCUT2D eigenvalue weighted by Gasteiger charge is -2.09. The van der Waals surface area contributed by atoms with Crippen LogP contribution in [0, 0.1) is 0 Å². The van der Waals surface area contributed by atoms with E-state index >= 15 is 0 Å². The van der Waals surface area contributed by atoms with E-state index in [0.29, 0.717) is 16.1 Å². The zero-order valence-electron chi connectivity index (χ0n) is 11.3. The van der Waals surface area contributed by atoms with Crippen molar-refractivity contribution in [3.8, 4) is 0 Å². The predicted molar refractivity (Wildman–Crippen MR) is 78.3 cm³/mol. The van der Waals surface area contributed by atoms with Crippen LogP contribution in [0.25, 0.3) is 11.0 Å². The van der Waals surface area contributed by atoms with E-state index in [-0.39, 0.29) is 11.3 Å². The van der Waals surface area contributed by atoms with Gasteiger partial charge in [0.15, 0.2) is 0 Å². The van der Waals surface area contributed by atoms with Gasteiger partial charge in [-0.1, -0.05) is 16.8 Å². The van der Waals surface area contributed by atoms with Crippen LogP contribution in [0.3, 0.4) is 0 Å². The zero-order chi connectivity index (χ0) is 16.6. The average molecular weight is 341 g/mol. The molecule has 1 aromatic heterocycles. The Hall–Kier alpha value is -2.61. The average Bonchev–Trinajstić information content (AvgIpc) is 2.94. The van der Waals surface area contributed by atoms with Crippen molar-refractivity contribution in [2.75, 3.05) is 5.32 Å². The number of carbonyl (C=O) groups excluding carboxylic acids is 1. The van der Waals surface area contributed by atoms with Gasteiger partial charge in [-0.3, -0.25) is 9.89 Å². The third-order valence-corrected chi connectivity index (χ3v) is 3.33. The Labute approximate surface area is 132 Å². The molecule has 0 radical (unpaired) electrons. The number of fused-ring (bicyclic) bond motifs is 1. The fraction of sp³-hybridized carbons (Fsp3) is 0.0714. The highest BCUT2D eigenvalue weighted by atomic mass is 35.5. The van der Waals surface area contributed by atoms with Crippen LogP contribution in [0.4, 0.5) is 18.9 Å². The monoisotopic (exact) mass is 340 g/mol. The number of aromatic nitrogens is 3. The largest absolute Gasteiger partial charge is 0.416 e. The molecule has 0 unspecified atom stereocenters. The van der Waals surface area contributed by atoms with Gasteiger partial charge in [-0.25, -0.2) is 0 Å². The van der Waals surface area contributed by atoms with E-state index in [4.69, 9.17) is 11.6 Å². The van der Waals surface area contributed by atoms with Crippen LogP contribution in [0.15, 0.2) is 36.4 Å². The number of nitrogens with one attached hydrogen (secondary N) is 2. The maximum Gasteiger partial charge on any atom is 0.416 e. The Kier molecular flexibility index (Phi) is 3.69. The third-order valence-electron chi connectivity index (χ3n) is 3.11. The van der Waals surface area contributed by atoms with Crippen LogP contribution in [0.2, 0.25) is 5.02 Å². The van der Waals surface area contributed by atoms with Crippen molar-refractivity contribution < 1.29 is 18.0 Å². The minimum absolute atomic E-state index is 0.168. The molecular formula is C14H8ClF3N4O. The summed E-state index contributed by atoms with van der Waals surface area (Å²) in [5, 5.41) is 12.8. The predicted octanol–water partition coefficient (Wildman–Crippen LogP) is 3.88. The molecule has 9 heteroatoms. The van der Waals surface area contributed by atoms with E-state index in [0.717, 1.165) is 12.1 Å². The first-order valence-electron chi connectivity index (χ1n) is 6.33. The van der Waals surface area contributed by atoms with E-state index in [9.17, 15) is 18.0 Å². The van der Waals surface area contributed by atoms with Gasteiger partial charge in [0.05, 0.1) is 16.6 Å². The molecule has 3 aromatic rings. The normalized spacial score (nSPS) is 11.7. The highest BCUT2D eigenvalue weighted by Gasteiger charge is 2.30. The number of halogens is 4. The Bertz CT molecular complexity index is 874. The van der Waals surface area contributed by atoms with Crippen molar-refractivity contribution >= 4 is 34.2 Å². The molecule has 23 heavy (non-hydrogen) atoms. The highest BCUT2D eigenvalue weighted by molar-refractivity contribution is 6.32. The van der Waals surface area contributed by atoms with Crippen molar-refractivity contribution in [3.63, 3.8) is 0 Å². The zero-order valence-corrected chi connectivity index (χ0v) is 12.0. The van der Waals surface area contributed by atoms with Crippen molar-refractivity contribution in [1.82, 2.24) is 15.4 Å². The summed E-state index contributed by atoms with van der Waals surface area (Å²) in [7, 11) is 0. The number of aromatic amines is 1. The molecule has 0 atom stereocenters. The Balaban J connectivity index is 1.87. The van der Waals surface area contributed by atoms with Crippen LogP contribution in [-0.2, 0) is 6.18 Å². The lowest BCUT2D eigenvalue weighted by Crippen LogP contribution is -2.13. The Morgan fingerprint density at radius 2 is 1.87 bits per heavy atom. The first-order chi connectivity index (χ1) is 10.8. The van der Waals surface area contributed by atoms with E-state index in [1.807, 2.05) is 0 Å². The molecule has 0 bridgehead atoms. The van der Waals surface area contributed by atoms with Crippen LogP contribution >= 0.6 is 11.6 Å². The maximum atomic E-state index is 12.5. The van der Waals surface area contributed by atoms with Crippen LogP contribution in [-0.4, -0.2) is 21.3 Å². The number of benzene rings is 2. The highest BCUT2D eigenvalue weighted by Crippen LogP contribution is 2.30. The van der Waals surface area contributed by atoms with Gasteiger partial charge in [-0.05, 0) is 36.4 Å². The number of anilines is 1. The molecule has 0 aliphatic rings. The summed E-state index contributed by atoms with van der Waals surface area (Å²) in [6.45, 7) is 0. The lowest BCUT2D eigenvalue weighted by molar-refractivity contribution is -0.137. The molecule has 118 valence electrons. The maximum absolute atomic E-state index is 12.5. The lowest BCUT2D eigenvalue weighted by atomic mass is 10.1. The summed E-state index contributed by atoms with van der Waals surface area (Å²) in [5.74, 6) is -0.550. The molecule has 1 amide bonds. The minimum atomic E-state index is -4.43. The van der Waals surface area contributed by atoms with Gasteiger partial charge in [-0.15, -0.1) is 5.10 Å². The van der Waals surface area contributed by atoms with Gasteiger partial charge in [-0.2, -0.15) is 13.2 Å². The van der Waals surface area contributed by atoms with Crippen LogP contribution in [0.1, 0.15) is 15.9 Å². The molecule has 2 aromatic carbocycles. The Morgan fingerprint density at radius 1 is 1.17 bits per heavy atom. The number of carbonyl (C=O) groups is 1. The molecule has 0 saturated heterocycles. The molecule has 5 nitrogen and oxygen atoms in total. The summed E-state index contributed by atoms with van der Waals surface area (Å²) in [6.07, 6.45) is -4.43. The fourth-order valence-corrected chi connectivity index (χ4v) is 2.25. The van der Waals surface area contributed by atoms with Crippen LogP contribution < -0.4 is 5.32 Å². The van der Waals surface area contributed by atoms with E-state index < -0.39 is 17.6 Å². The number of alkyl halides is 3. The summed E-state index contributed by atoms with van der Waals surface area (Å²) < 4.78 is 37.5. The van der Waals surface area contributed by atoms with Gasteiger partial charge < -0.3 is 5.32 Å². The molecule has 0 saturated carbocycles. The van der Waals surface area contributed by atoms with Gasteiger partial charge >= 0.3 is 6.18 Å². The van der Waals surface area contributed by atoms with E-state index in [1.54, 1.807) is 6.07 Å². The van der Waals surface area contributed by atoms with Crippen molar-refractivity contribution in [2.24, 2.45) is 0 Å². The number of nitrogens with zero attached hydrogens (tertiary/aromatic N) is 2. The SMILES string of the molecule is O=C(Nc1ccc(C(F)(F)F)cc1)c1cc(Cl)cc2[nH]nnc12. The van der Waals surface area contributed by atoms with Crippen LogP contribution in [0.5, 0.6) is 0 Å². The second-order valence-corrected chi connectivity index (χ2v) is 5.13. The standard InChI is InChI=1S/C14H8ClF3N4O/c15-8-5-10(12-11(6-8)20-22-21-12)13(23)19-9-3-1-7(2-4-9)14(16,17)18/h1-6H,(H,19,23)(H,20,21,22). The van der Waals surface area contributed by atoms with Gasteiger partial charge in [0.2, 0.25) is 0 Å². The second-order valence-electron chi connectivity index (χ2n) is 4.69. The number of rotatable bonds is 2. The number of H-pyrrole nitrogens is 1. The number of hydrogen-bond donors (Lipinski definition) is 2. The fourth-order valence-electron chi connectivity index (χ4n) is 2.04. The minimum Gasteiger partial charge on any atom is -0.322 e. The molecule has 3 rings (SSSR count). The smallest absolute Gasteiger partial charge is 0.322 e. The molecule has 1 heterocycles. The summed E-state index contributed by atoms with van der Waals surface area (Å²) >= 11 is 5.92. The van der Waals surface area contributed by atoms with E-state index in [1.165, 1.54) is 18.2 Å². The van der Waals surface area contributed by atoms with Crippen molar-refractivity contribution in [1.29, 1.82) is 0 Å². The topological polar surface area (TPSA) is 70.7 Å². The molecule has 2 N–H and O–H groups in total. The van der Waals surface area contributed by atoms with Crippen molar-refractivity contribution in [2.45, 2.75) is 6.18 Å². The molecule has 0 fully saturated rings. The summed E-state index contributed by atoms with van der Waals surface area (Å²) in [4.78, 5) is 12.3. The summed E-state index contributed by atoms with van der Waals surface area (Å²) in [5.41, 5.74) is 0.395.